The number of non-ortho nitro benzene ring substituents is 1. The van der Waals surface area contributed by atoms with Crippen LogP contribution < -0.4 is 0 Å². The number of halogens is 1. The molecule has 0 saturated carbocycles. The zero-order valence-electron chi connectivity index (χ0n) is 16.5. The predicted octanol–water partition coefficient (Wildman–Crippen LogP) is 4.12. The van der Waals surface area contributed by atoms with Gasteiger partial charge in [-0.25, -0.2) is 8.42 Å². The molecule has 10 heteroatoms. The molecule has 3 aromatic carbocycles. The smallest absolute Gasteiger partial charge is 0.322 e. The average molecular weight is 473 g/mol. The van der Waals surface area contributed by atoms with E-state index in [9.17, 15) is 28.4 Å². The summed E-state index contributed by atoms with van der Waals surface area (Å²) < 4.78 is 27.6. The van der Waals surface area contributed by atoms with Crippen LogP contribution in [0, 0.1) is 10.1 Å². The van der Waals surface area contributed by atoms with Crippen molar-refractivity contribution in [1.82, 2.24) is 4.31 Å². The van der Waals surface area contributed by atoms with Gasteiger partial charge in [-0.1, -0.05) is 41.9 Å². The lowest BCUT2D eigenvalue weighted by Crippen LogP contribution is -2.48. The van der Waals surface area contributed by atoms with E-state index in [-0.39, 0.29) is 23.5 Å². The number of fused-ring (bicyclic) bond motifs is 1. The first-order valence-corrected chi connectivity index (χ1v) is 11.4. The van der Waals surface area contributed by atoms with Crippen molar-refractivity contribution in [2.24, 2.45) is 0 Å². The summed E-state index contributed by atoms with van der Waals surface area (Å²) in [5.41, 5.74) is 2.47. The van der Waals surface area contributed by atoms with Crippen molar-refractivity contribution in [3.8, 4) is 11.1 Å². The Balaban J connectivity index is 1.68. The van der Waals surface area contributed by atoms with Gasteiger partial charge in [-0.3, -0.25) is 14.9 Å². The highest BCUT2D eigenvalue weighted by Crippen LogP contribution is 2.32. The maximum absolute atomic E-state index is 13.3. The topological polar surface area (TPSA) is 118 Å². The number of rotatable bonds is 5. The molecule has 164 valence electrons. The van der Waals surface area contributed by atoms with Gasteiger partial charge >= 0.3 is 5.97 Å². The Hall–Kier alpha value is -3.27. The van der Waals surface area contributed by atoms with Gasteiger partial charge in [0.05, 0.1) is 9.82 Å². The van der Waals surface area contributed by atoms with Gasteiger partial charge in [0.2, 0.25) is 10.0 Å². The molecule has 0 aromatic heterocycles. The molecule has 1 N–H and O–H groups in total. The molecule has 0 saturated heterocycles. The molecule has 3 aromatic rings. The van der Waals surface area contributed by atoms with Crippen LogP contribution in [0.2, 0.25) is 5.02 Å². The molecule has 1 aliphatic heterocycles. The molecule has 0 radical (unpaired) electrons. The number of nitro groups is 1. The minimum atomic E-state index is -4.13. The van der Waals surface area contributed by atoms with Crippen LogP contribution >= 0.6 is 11.6 Å². The largest absolute Gasteiger partial charge is 0.480 e. The fourth-order valence-electron chi connectivity index (χ4n) is 3.72. The molecule has 0 amide bonds. The number of hydrogen-bond donors (Lipinski definition) is 1. The normalized spacial score (nSPS) is 16.3. The van der Waals surface area contributed by atoms with E-state index in [0.717, 1.165) is 15.4 Å². The maximum atomic E-state index is 13.3. The van der Waals surface area contributed by atoms with Gasteiger partial charge < -0.3 is 5.11 Å². The van der Waals surface area contributed by atoms with Crippen LogP contribution in [0.15, 0.2) is 71.6 Å². The van der Waals surface area contributed by atoms with Gasteiger partial charge in [-0.15, -0.1) is 0 Å². The highest BCUT2D eigenvalue weighted by molar-refractivity contribution is 7.89. The Morgan fingerprint density at radius 2 is 1.59 bits per heavy atom. The standard InChI is InChI=1S/C22H17ClN2O6S/c23-18-6-1-14(2-7-18)15-4-9-20(10-5-15)32(30,31)24-13-16-3-8-19(25(28)29)11-17(16)12-21(24)22(26)27/h1-11,21H,12-13H2,(H,26,27)/t21-/m1/s1. The van der Waals surface area contributed by atoms with Crippen molar-refractivity contribution in [3.63, 3.8) is 0 Å². The van der Waals surface area contributed by atoms with Gasteiger partial charge in [-0.2, -0.15) is 4.31 Å². The summed E-state index contributed by atoms with van der Waals surface area (Å²) in [7, 11) is -4.13. The fourth-order valence-corrected chi connectivity index (χ4v) is 5.40. The van der Waals surface area contributed by atoms with Gasteiger partial charge in [0.15, 0.2) is 0 Å². The quantitative estimate of drug-likeness (QED) is 0.441. The van der Waals surface area contributed by atoms with Crippen LogP contribution in [0.5, 0.6) is 0 Å². The third-order valence-electron chi connectivity index (χ3n) is 5.41. The number of hydrogen-bond acceptors (Lipinski definition) is 5. The van der Waals surface area contributed by atoms with Gasteiger partial charge in [0.25, 0.3) is 5.69 Å². The fraction of sp³-hybridized carbons (Fsp3) is 0.136. The molecule has 0 unspecified atom stereocenters. The maximum Gasteiger partial charge on any atom is 0.322 e. The van der Waals surface area contributed by atoms with Crippen LogP contribution in [0.4, 0.5) is 5.69 Å². The van der Waals surface area contributed by atoms with Gasteiger partial charge in [-0.05, 0) is 46.5 Å². The van der Waals surface area contributed by atoms with E-state index in [2.05, 4.69) is 0 Å². The Labute approximate surface area is 188 Å². The minimum absolute atomic E-state index is 0.0353. The second-order valence-electron chi connectivity index (χ2n) is 7.35. The summed E-state index contributed by atoms with van der Waals surface area (Å²) >= 11 is 5.90. The number of benzene rings is 3. The van der Waals surface area contributed by atoms with E-state index in [1.54, 1.807) is 24.3 Å². The molecular formula is C22H17ClN2O6S. The third kappa shape index (κ3) is 4.10. The van der Waals surface area contributed by atoms with Crippen molar-refractivity contribution in [3.05, 3.63) is 93.0 Å². The van der Waals surface area contributed by atoms with E-state index in [0.29, 0.717) is 16.1 Å². The van der Waals surface area contributed by atoms with Crippen LogP contribution in [0.1, 0.15) is 11.1 Å². The molecule has 0 aliphatic carbocycles. The summed E-state index contributed by atoms with van der Waals surface area (Å²) in [4.78, 5) is 22.3. The van der Waals surface area contributed by atoms with E-state index in [4.69, 9.17) is 11.6 Å². The highest BCUT2D eigenvalue weighted by atomic mass is 35.5. The number of nitrogens with zero attached hydrogens (tertiary/aromatic N) is 2. The first-order chi connectivity index (χ1) is 15.2. The summed E-state index contributed by atoms with van der Waals surface area (Å²) in [5.74, 6) is -1.32. The van der Waals surface area contributed by atoms with E-state index in [1.165, 1.54) is 30.3 Å². The van der Waals surface area contributed by atoms with E-state index in [1.807, 2.05) is 12.1 Å². The first kappa shape index (κ1) is 21.9. The molecule has 1 aliphatic rings. The molecule has 0 fully saturated rings. The molecule has 0 bridgehead atoms. The Morgan fingerprint density at radius 1 is 1.00 bits per heavy atom. The highest BCUT2D eigenvalue weighted by Gasteiger charge is 2.40. The monoisotopic (exact) mass is 472 g/mol. The summed E-state index contributed by atoms with van der Waals surface area (Å²) in [5, 5.41) is 21.3. The number of carboxylic acids is 1. The van der Waals surface area contributed by atoms with Crippen LogP contribution in [0.25, 0.3) is 11.1 Å². The summed E-state index contributed by atoms with van der Waals surface area (Å²) in [6.07, 6.45) is -0.158. The van der Waals surface area contributed by atoms with Crippen LogP contribution in [0.3, 0.4) is 0 Å². The lowest BCUT2D eigenvalue weighted by molar-refractivity contribution is -0.384. The van der Waals surface area contributed by atoms with Crippen molar-refractivity contribution in [2.45, 2.75) is 23.9 Å². The molecule has 32 heavy (non-hydrogen) atoms. The number of carboxylic acid groups (broad SMARTS) is 1. The third-order valence-corrected chi connectivity index (χ3v) is 7.53. The van der Waals surface area contributed by atoms with Crippen molar-refractivity contribution < 1.29 is 23.2 Å². The summed E-state index contributed by atoms with van der Waals surface area (Å²) in [6.45, 7) is -0.189. The number of aliphatic carboxylic acids is 1. The van der Waals surface area contributed by atoms with Crippen molar-refractivity contribution in [1.29, 1.82) is 0 Å². The lowest BCUT2D eigenvalue weighted by atomic mass is 9.95. The predicted molar refractivity (Wildman–Crippen MR) is 118 cm³/mol. The zero-order chi connectivity index (χ0) is 23.0. The molecule has 1 atom stereocenters. The lowest BCUT2D eigenvalue weighted by Gasteiger charge is -2.33. The number of carbonyl (C=O) groups is 1. The first-order valence-electron chi connectivity index (χ1n) is 9.53. The average Bonchev–Trinajstić information content (AvgIpc) is 2.78. The van der Waals surface area contributed by atoms with Crippen LogP contribution in [-0.2, 0) is 27.8 Å². The second-order valence-corrected chi connectivity index (χ2v) is 9.68. The zero-order valence-corrected chi connectivity index (χ0v) is 18.1. The second kappa shape index (κ2) is 8.34. The minimum Gasteiger partial charge on any atom is -0.480 e. The Kier molecular flexibility index (Phi) is 5.72. The Bertz CT molecular complexity index is 1310. The van der Waals surface area contributed by atoms with Crippen LogP contribution in [-0.4, -0.2) is 34.8 Å². The van der Waals surface area contributed by atoms with E-state index < -0.39 is 27.0 Å². The Morgan fingerprint density at radius 3 is 2.16 bits per heavy atom. The molecular weight excluding hydrogens is 456 g/mol. The van der Waals surface area contributed by atoms with Gasteiger partial charge in [0.1, 0.15) is 6.04 Å². The van der Waals surface area contributed by atoms with Crippen molar-refractivity contribution >= 4 is 33.3 Å². The van der Waals surface area contributed by atoms with Gasteiger partial charge in [0, 0.05) is 30.1 Å². The number of nitro benzene ring substituents is 1. The van der Waals surface area contributed by atoms with E-state index >= 15 is 0 Å². The van der Waals surface area contributed by atoms with Crippen molar-refractivity contribution in [2.75, 3.05) is 0 Å². The molecule has 1 heterocycles. The molecule has 0 spiro atoms. The summed E-state index contributed by atoms with van der Waals surface area (Å²) in [6, 6.07) is 15.9. The molecule has 8 nitrogen and oxygen atoms in total. The SMILES string of the molecule is O=C(O)[C@H]1Cc2cc([N+](=O)[O-])ccc2CN1S(=O)(=O)c1ccc(-c2ccc(Cl)cc2)cc1. The number of sulfonamides is 1. The molecule has 4 rings (SSSR count).